The van der Waals surface area contributed by atoms with Crippen LogP contribution in [0.3, 0.4) is 0 Å². The zero-order valence-corrected chi connectivity index (χ0v) is 11.6. The Balaban J connectivity index is 4.38. The maximum absolute atomic E-state index is 10.6. The fraction of sp³-hybridized carbons (Fsp3) is 0.900. The molecule has 0 rings (SSSR count). The number of quaternary nitrogens is 1. The molecule has 10 nitrogen and oxygen atoms in total. The lowest BCUT2D eigenvalue weighted by atomic mass is 10.1. The lowest BCUT2D eigenvalue weighted by Crippen LogP contribution is -2.48. The average molecular weight is 285 g/mol. The molecule has 0 aliphatic heterocycles. The molecule has 0 heterocycles. The van der Waals surface area contributed by atoms with E-state index in [9.17, 15) is 4.79 Å². The molecule has 0 aromatic heterocycles. The predicted molar refractivity (Wildman–Crippen MR) is 73.7 cm³/mol. The number of likely N-dealkylation sites (N-methyl/N-ethyl adjacent to an activating group) is 1. The number of nitrogens with two attached hydrogens (primary N) is 1. The van der Waals surface area contributed by atoms with E-state index in [1.54, 1.807) is 0 Å². The van der Waals surface area contributed by atoms with Crippen molar-refractivity contribution in [1.29, 1.82) is 0 Å². The smallest absolute Gasteiger partial charge is 0.320 e. The predicted octanol–water partition coefficient (Wildman–Crippen LogP) is 1.25. The van der Waals surface area contributed by atoms with Crippen molar-refractivity contribution in [3.8, 4) is 0 Å². The molecule has 0 radical (unpaired) electrons. The van der Waals surface area contributed by atoms with Crippen LogP contribution in [0.1, 0.15) is 12.8 Å². The van der Waals surface area contributed by atoms with Crippen LogP contribution in [0.5, 0.6) is 0 Å². The minimum absolute atomic E-state index is 0.342. The summed E-state index contributed by atoms with van der Waals surface area (Å²) in [5.74, 6) is -1.01. The van der Waals surface area contributed by atoms with Crippen molar-refractivity contribution in [3.05, 3.63) is 20.9 Å². The highest BCUT2D eigenvalue weighted by Gasteiger charge is 2.21. The van der Waals surface area contributed by atoms with Crippen molar-refractivity contribution >= 4 is 5.97 Å². The molecule has 0 aromatic carbocycles. The monoisotopic (exact) mass is 285 g/mol. The van der Waals surface area contributed by atoms with Crippen molar-refractivity contribution in [2.24, 2.45) is 16.0 Å². The first-order valence-corrected chi connectivity index (χ1v) is 6.29. The van der Waals surface area contributed by atoms with Crippen LogP contribution in [-0.4, -0.2) is 61.4 Å². The third-order valence-electron chi connectivity index (χ3n) is 3.14. The minimum atomic E-state index is -1.01. The number of hydrogen-bond acceptors (Lipinski definition) is 4. The van der Waals surface area contributed by atoms with E-state index in [-0.39, 0.29) is 0 Å². The molecular weight excluding hydrogens is 264 g/mol. The molecule has 0 fully saturated rings. The molecule has 0 amide bonds. The molecule has 112 valence electrons. The van der Waals surface area contributed by atoms with Gasteiger partial charge in [-0.05, 0) is 23.9 Å². The topological polar surface area (TPSA) is 161 Å². The van der Waals surface area contributed by atoms with Crippen molar-refractivity contribution in [1.82, 2.24) is 0 Å². The summed E-state index contributed by atoms with van der Waals surface area (Å²) >= 11 is 0. The van der Waals surface area contributed by atoms with Crippen molar-refractivity contribution in [2.45, 2.75) is 18.9 Å². The first-order valence-electron chi connectivity index (χ1n) is 6.29. The molecular formula is C10H21N8O2+. The Bertz CT molecular complexity index is 378. The zero-order valence-electron chi connectivity index (χ0n) is 11.6. The number of carbonyl (C=O) groups is 1. The van der Waals surface area contributed by atoms with Gasteiger partial charge in [0.15, 0.2) is 0 Å². The van der Waals surface area contributed by atoms with Crippen LogP contribution in [-0.2, 0) is 4.79 Å². The van der Waals surface area contributed by atoms with Crippen LogP contribution in [0.4, 0.5) is 0 Å². The van der Waals surface area contributed by atoms with Gasteiger partial charge in [0, 0.05) is 9.82 Å². The summed E-state index contributed by atoms with van der Waals surface area (Å²) < 4.78 is 0.546. The van der Waals surface area contributed by atoms with Gasteiger partial charge in [0.05, 0.1) is 39.8 Å². The second kappa shape index (κ2) is 9.88. The zero-order chi connectivity index (χ0) is 15.4. The standard InChI is InChI=1S/C10H20N8O2/c1-18(7-4-14-16-12,8-5-15-17-13)6-2-3-9(11)10(19)20/h9H,2-8,11H2,1H3/p+1/t9-/m0/s1. The van der Waals surface area contributed by atoms with Gasteiger partial charge < -0.3 is 15.3 Å². The Kier molecular flexibility index (Phi) is 8.89. The maximum atomic E-state index is 10.6. The molecule has 20 heavy (non-hydrogen) atoms. The van der Waals surface area contributed by atoms with Gasteiger partial charge in [-0.15, -0.1) is 0 Å². The van der Waals surface area contributed by atoms with Gasteiger partial charge in [0.25, 0.3) is 0 Å². The van der Waals surface area contributed by atoms with Gasteiger partial charge in [0.2, 0.25) is 0 Å². The number of aliphatic carboxylic acids is 1. The number of carboxylic acid groups (broad SMARTS) is 1. The largest absolute Gasteiger partial charge is 0.480 e. The molecule has 0 unspecified atom stereocenters. The quantitative estimate of drug-likeness (QED) is 0.253. The van der Waals surface area contributed by atoms with Crippen molar-refractivity contribution in [3.63, 3.8) is 0 Å². The number of carboxylic acids is 1. The molecule has 0 saturated heterocycles. The highest BCUT2D eigenvalue weighted by molar-refractivity contribution is 5.72. The van der Waals surface area contributed by atoms with Crippen LogP contribution in [0.25, 0.3) is 20.9 Å². The van der Waals surface area contributed by atoms with Gasteiger partial charge in [-0.1, -0.05) is 10.2 Å². The second-order valence-corrected chi connectivity index (χ2v) is 4.79. The van der Waals surface area contributed by atoms with Crippen molar-refractivity contribution in [2.75, 3.05) is 39.8 Å². The summed E-state index contributed by atoms with van der Waals surface area (Å²) in [6.45, 7) is 2.58. The third kappa shape index (κ3) is 8.17. The Morgan fingerprint density at radius 1 is 1.25 bits per heavy atom. The summed E-state index contributed by atoms with van der Waals surface area (Å²) in [5.41, 5.74) is 22.0. The summed E-state index contributed by atoms with van der Waals surface area (Å²) in [6.07, 6.45) is 1.02. The van der Waals surface area contributed by atoms with Crippen LogP contribution >= 0.6 is 0 Å². The summed E-state index contributed by atoms with van der Waals surface area (Å²) in [5, 5.41) is 15.7. The first kappa shape index (κ1) is 18.0. The van der Waals surface area contributed by atoms with Gasteiger partial charge in [-0.25, -0.2) is 0 Å². The van der Waals surface area contributed by atoms with Crippen LogP contribution in [0, 0.1) is 0 Å². The van der Waals surface area contributed by atoms with Crippen LogP contribution < -0.4 is 5.73 Å². The molecule has 0 bridgehead atoms. The number of hydrogen-bond donors (Lipinski definition) is 2. The summed E-state index contributed by atoms with van der Waals surface area (Å²) in [4.78, 5) is 16.0. The molecule has 1 atom stereocenters. The fourth-order valence-electron chi connectivity index (χ4n) is 1.81. The van der Waals surface area contributed by atoms with E-state index in [4.69, 9.17) is 21.9 Å². The highest BCUT2D eigenvalue weighted by Crippen LogP contribution is 2.07. The first-order chi connectivity index (χ1) is 9.45. The lowest BCUT2D eigenvalue weighted by molar-refractivity contribution is -0.907. The van der Waals surface area contributed by atoms with Crippen LogP contribution in [0.15, 0.2) is 10.2 Å². The second-order valence-electron chi connectivity index (χ2n) is 4.79. The van der Waals surface area contributed by atoms with E-state index >= 15 is 0 Å². The van der Waals surface area contributed by atoms with Gasteiger partial charge in [-0.3, -0.25) is 4.79 Å². The van der Waals surface area contributed by atoms with E-state index in [0.717, 1.165) is 0 Å². The normalized spacial score (nSPS) is 14.5. The van der Waals surface area contributed by atoms with E-state index in [2.05, 4.69) is 20.1 Å². The van der Waals surface area contributed by atoms with Crippen molar-refractivity contribution < 1.29 is 14.4 Å². The molecule has 3 N–H and O–H groups in total. The molecule has 0 aliphatic rings. The SMILES string of the molecule is C[N+](CCC[C@H](N)C(=O)O)(CCN=[N+]=[N-])CCN=[N+]=[N-]. The Labute approximate surface area is 117 Å². The van der Waals surface area contributed by atoms with E-state index in [1.807, 2.05) is 7.05 Å². The fourth-order valence-corrected chi connectivity index (χ4v) is 1.81. The summed E-state index contributed by atoms with van der Waals surface area (Å²) in [6, 6.07) is -0.863. The number of azide groups is 2. The van der Waals surface area contributed by atoms with E-state index in [0.29, 0.717) is 50.0 Å². The Morgan fingerprint density at radius 2 is 1.75 bits per heavy atom. The molecule has 0 aliphatic carbocycles. The lowest BCUT2D eigenvalue weighted by Gasteiger charge is -2.34. The molecule has 0 spiro atoms. The maximum Gasteiger partial charge on any atom is 0.320 e. The van der Waals surface area contributed by atoms with E-state index < -0.39 is 12.0 Å². The van der Waals surface area contributed by atoms with E-state index in [1.165, 1.54) is 0 Å². The highest BCUT2D eigenvalue weighted by atomic mass is 16.4. The number of rotatable bonds is 11. The molecule has 0 aromatic rings. The van der Waals surface area contributed by atoms with Gasteiger partial charge in [0.1, 0.15) is 6.04 Å². The van der Waals surface area contributed by atoms with Gasteiger partial charge in [-0.2, -0.15) is 0 Å². The third-order valence-corrected chi connectivity index (χ3v) is 3.14. The summed E-state index contributed by atoms with van der Waals surface area (Å²) in [7, 11) is 1.95. The Morgan fingerprint density at radius 3 is 2.15 bits per heavy atom. The minimum Gasteiger partial charge on any atom is -0.480 e. The van der Waals surface area contributed by atoms with Crippen LogP contribution in [0.2, 0.25) is 0 Å². The molecule has 0 saturated carbocycles. The number of nitrogens with zero attached hydrogens (tertiary/aromatic N) is 7. The molecule has 10 heteroatoms. The average Bonchev–Trinajstić information content (AvgIpc) is 2.39. The Hall–Kier alpha value is -1.99. The van der Waals surface area contributed by atoms with Gasteiger partial charge >= 0.3 is 5.97 Å².